The summed E-state index contributed by atoms with van der Waals surface area (Å²) in [6.07, 6.45) is -0.428. The fraction of sp³-hybridized carbons (Fsp3) is 0.286. The van der Waals surface area contributed by atoms with E-state index in [1.165, 1.54) is 0 Å². The van der Waals surface area contributed by atoms with Crippen LogP contribution < -0.4 is 10.9 Å². The molecule has 1 aliphatic rings. The van der Waals surface area contributed by atoms with Crippen LogP contribution in [0.4, 0.5) is 0 Å². The molecule has 10 heteroatoms. The first-order chi connectivity index (χ1) is 18.3. The van der Waals surface area contributed by atoms with Gasteiger partial charge in [0.1, 0.15) is 0 Å². The third-order valence-electron chi connectivity index (χ3n) is 7.03. The number of aliphatic carboxylic acids is 1. The van der Waals surface area contributed by atoms with E-state index in [2.05, 4.69) is 15.3 Å². The number of carboxylic acid groups (broad SMARTS) is 1. The van der Waals surface area contributed by atoms with E-state index in [1.807, 2.05) is 36.4 Å². The van der Waals surface area contributed by atoms with Gasteiger partial charge in [0.2, 0.25) is 5.91 Å². The van der Waals surface area contributed by atoms with Crippen LogP contribution in [0.3, 0.4) is 0 Å². The van der Waals surface area contributed by atoms with Crippen molar-refractivity contribution < 1.29 is 24.6 Å². The van der Waals surface area contributed by atoms with Crippen molar-refractivity contribution in [2.75, 3.05) is 19.6 Å². The number of H-pyrrole nitrogens is 2. The molecule has 4 aromatic rings. The maximum Gasteiger partial charge on any atom is 0.306 e. The second kappa shape index (κ2) is 10.5. The van der Waals surface area contributed by atoms with Crippen molar-refractivity contribution in [1.82, 2.24) is 20.2 Å². The van der Waals surface area contributed by atoms with Crippen LogP contribution in [0.1, 0.15) is 29.6 Å². The molecule has 1 fully saturated rings. The molecule has 1 saturated heterocycles. The van der Waals surface area contributed by atoms with Crippen molar-refractivity contribution >= 4 is 39.6 Å². The van der Waals surface area contributed by atoms with Crippen LogP contribution in [0, 0.1) is 5.92 Å². The van der Waals surface area contributed by atoms with Gasteiger partial charge in [-0.1, -0.05) is 18.2 Å². The number of likely N-dealkylation sites (tertiary alicyclic amines) is 1. The lowest BCUT2D eigenvalue weighted by Gasteiger charge is -2.30. The minimum Gasteiger partial charge on any atom is -0.481 e. The first kappa shape index (κ1) is 25.2. The number of piperidine rings is 1. The molecule has 0 radical (unpaired) electrons. The number of aliphatic hydroxyl groups excluding tert-OH is 1. The van der Waals surface area contributed by atoms with Gasteiger partial charge in [0.05, 0.1) is 29.7 Å². The predicted molar refractivity (Wildman–Crippen MR) is 142 cm³/mol. The normalized spacial score (nSPS) is 15.0. The average Bonchev–Trinajstić information content (AvgIpc) is 3.34. The van der Waals surface area contributed by atoms with Crippen LogP contribution in [-0.2, 0) is 9.59 Å². The summed E-state index contributed by atoms with van der Waals surface area (Å²) in [6.45, 7) is 0.594. The molecule has 10 nitrogen and oxygen atoms in total. The highest BCUT2D eigenvalue weighted by Gasteiger charge is 2.27. The molecule has 1 aliphatic heterocycles. The number of benzene rings is 2. The third-order valence-corrected chi connectivity index (χ3v) is 7.03. The highest BCUT2D eigenvalue weighted by Crippen LogP contribution is 2.25. The van der Waals surface area contributed by atoms with E-state index in [0.29, 0.717) is 42.8 Å². The Hall–Kier alpha value is -4.44. The van der Waals surface area contributed by atoms with Crippen LogP contribution in [0.5, 0.6) is 0 Å². The molecule has 2 aromatic carbocycles. The van der Waals surface area contributed by atoms with Crippen LogP contribution >= 0.6 is 0 Å². The molecule has 1 atom stereocenters. The molecular weight excluding hydrogens is 488 g/mol. The summed E-state index contributed by atoms with van der Waals surface area (Å²) in [4.78, 5) is 56.5. The van der Waals surface area contributed by atoms with Crippen molar-refractivity contribution in [2.24, 2.45) is 5.92 Å². The number of nitrogens with zero attached hydrogens (tertiary/aromatic N) is 1. The first-order valence-electron chi connectivity index (χ1n) is 12.5. The molecule has 38 heavy (non-hydrogen) atoms. The van der Waals surface area contributed by atoms with E-state index < -0.39 is 23.9 Å². The van der Waals surface area contributed by atoms with Gasteiger partial charge in [0.15, 0.2) is 0 Å². The number of fused-ring (bicyclic) bond motifs is 2. The van der Waals surface area contributed by atoms with Crippen LogP contribution in [0.25, 0.3) is 33.1 Å². The van der Waals surface area contributed by atoms with Crippen LogP contribution in [-0.4, -0.2) is 68.6 Å². The van der Waals surface area contributed by atoms with Crippen LogP contribution in [0.15, 0.2) is 59.4 Å². The number of aromatic nitrogens is 2. The predicted octanol–water partition coefficient (Wildman–Crippen LogP) is 2.48. The van der Waals surface area contributed by atoms with E-state index in [4.69, 9.17) is 5.11 Å². The summed E-state index contributed by atoms with van der Waals surface area (Å²) in [5.74, 6) is -1.95. The number of carbonyl (C=O) groups excluding carboxylic acids is 2. The summed E-state index contributed by atoms with van der Waals surface area (Å²) in [5, 5.41) is 23.7. The lowest BCUT2D eigenvalue weighted by molar-refractivity contribution is -0.146. The lowest BCUT2D eigenvalue weighted by atomic mass is 9.97. The Labute approximate surface area is 217 Å². The van der Waals surface area contributed by atoms with Crippen molar-refractivity contribution in [3.63, 3.8) is 0 Å². The maximum absolute atomic E-state index is 12.7. The number of nitrogens with one attached hydrogen (secondary N) is 3. The summed E-state index contributed by atoms with van der Waals surface area (Å²) < 4.78 is 0. The Balaban J connectivity index is 1.21. The minimum absolute atomic E-state index is 0.0982. The molecule has 5 N–H and O–H groups in total. The number of amides is 2. The van der Waals surface area contributed by atoms with E-state index in [1.54, 1.807) is 23.1 Å². The van der Waals surface area contributed by atoms with Gasteiger partial charge < -0.3 is 30.4 Å². The third kappa shape index (κ3) is 5.30. The number of aromatic amines is 2. The molecule has 0 aliphatic carbocycles. The second-order valence-corrected chi connectivity index (χ2v) is 9.65. The number of aliphatic hydroxyl groups is 1. The van der Waals surface area contributed by atoms with E-state index in [-0.39, 0.29) is 24.4 Å². The van der Waals surface area contributed by atoms with Crippen LogP contribution in [0.2, 0.25) is 0 Å². The number of carboxylic acids is 1. The number of hydrogen-bond acceptors (Lipinski definition) is 5. The minimum atomic E-state index is -1.06. The Morgan fingerprint density at radius 2 is 1.71 bits per heavy atom. The van der Waals surface area contributed by atoms with Gasteiger partial charge in [0, 0.05) is 41.6 Å². The standard InChI is InChI=1S/C28H28N4O6/c33-20(14-25(34)32-9-7-16(8-10-32)28(37)38)15-29-26(35)18-5-6-23-19(11-18)13-24(30-23)21-12-17-3-1-2-4-22(17)31-27(21)36/h1-6,11-13,16,20,30,33H,7-10,14-15H2,(H,29,35)(H,31,36)(H,37,38). The lowest BCUT2D eigenvalue weighted by Crippen LogP contribution is -2.42. The fourth-order valence-corrected chi connectivity index (χ4v) is 4.86. The SMILES string of the molecule is O=C(NCC(O)CC(=O)N1CCC(C(=O)O)CC1)c1ccc2[nH]c(-c3cc4ccccc4[nH]c3=O)cc2c1. The van der Waals surface area contributed by atoms with Gasteiger partial charge in [-0.2, -0.15) is 0 Å². The fourth-order valence-electron chi connectivity index (χ4n) is 4.86. The van der Waals surface area contributed by atoms with E-state index >= 15 is 0 Å². The molecule has 3 heterocycles. The van der Waals surface area contributed by atoms with Gasteiger partial charge in [-0.15, -0.1) is 0 Å². The molecule has 5 rings (SSSR count). The Bertz CT molecular complexity index is 1580. The molecule has 0 spiro atoms. The van der Waals surface area contributed by atoms with Gasteiger partial charge >= 0.3 is 5.97 Å². The maximum atomic E-state index is 12.7. The number of hydrogen-bond donors (Lipinski definition) is 5. The smallest absolute Gasteiger partial charge is 0.306 e. The highest BCUT2D eigenvalue weighted by molar-refractivity contribution is 5.99. The molecule has 0 bridgehead atoms. The zero-order valence-corrected chi connectivity index (χ0v) is 20.6. The van der Waals surface area contributed by atoms with E-state index in [0.717, 1.165) is 21.8 Å². The van der Waals surface area contributed by atoms with Gasteiger partial charge in [0.25, 0.3) is 11.5 Å². The van der Waals surface area contributed by atoms with Crippen molar-refractivity contribution in [3.8, 4) is 11.3 Å². The molecule has 2 amide bonds. The Morgan fingerprint density at radius 1 is 0.974 bits per heavy atom. The second-order valence-electron chi connectivity index (χ2n) is 9.65. The average molecular weight is 517 g/mol. The molecule has 0 saturated carbocycles. The Morgan fingerprint density at radius 3 is 2.47 bits per heavy atom. The summed E-state index contributed by atoms with van der Waals surface area (Å²) in [7, 11) is 0. The van der Waals surface area contributed by atoms with Crippen molar-refractivity contribution in [1.29, 1.82) is 0 Å². The summed E-state index contributed by atoms with van der Waals surface area (Å²) in [5.41, 5.74) is 2.80. The van der Waals surface area contributed by atoms with Crippen molar-refractivity contribution in [2.45, 2.75) is 25.4 Å². The van der Waals surface area contributed by atoms with Gasteiger partial charge in [-0.05, 0) is 54.6 Å². The zero-order valence-electron chi connectivity index (χ0n) is 20.6. The van der Waals surface area contributed by atoms with E-state index in [9.17, 15) is 24.3 Å². The molecule has 2 aromatic heterocycles. The van der Waals surface area contributed by atoms with Gasteiger partial charge in [-0.25, -0.2) is 0 Å². The monoisotopic (exact) mass is 516 g/mol. The topological polar surface area (TPSA) is 156 Å². The first-order valence-corrected chi connectivity index (χ1v) is 12.5. The largest absolute Gasteiger partial charge is 0.481 e. The Kier molecular flexibility index (Phi) is 6.97. The summed E-state index contributed by atoms with van der Waals surface area (Å²) in [6, 6.07) is 16.3. The summed E-state index contributed by atoms with van der Waals surface area (Å²) >= 11 is 0. The quantitative estimate of drug-likeness (QED) is 0.254. The molecule has 196 valence electrons. The molecule has 1 unspecified atom stereocenters. The molecular formula is C28H28N4O6. The van der Waals surface area contributed by atoms with Gasteiger partial charge in [-0.3, -0.25) is 19.2 Å². The number of carbonyl (C=O) groups is 3. The number of pyridine rings is 1. The number of para-hydroxylation sites is 1. The highest BCUT2D eigenvalue weighted by atomic mass is 16.4. The van der Waals surface area contributed by atoms with Crippen molar-refractivity contribution in [3.05, 3.63) is 70.5 Å². The zero-order chi connectivity index (χ0) is 26.8. The number of rotatable bonds is 7.